The average molecular weight is 357 g/mol. The van der Waals surface area contributed by atoms with E-state index in [4.69, 9.17) is 4.74 Å². The summed E-state index contributed by atoms with van der Waals surface area (Å²) in [6, 6.07) is 7.72. The number of carbonyl (C=O) groups is 1. The second-order valence-electron chi connectivity index (χ2n) is 4.92. The van der Waals surface area contributed by atoms with Crippen molar-refractivity contribution in [2.45, 2.75) is 6.92 Å². The van der Waals surface area contributed by atoms with Crippen LogP contribution in [-0.4, -0.2) is 23.0 Å². The molecule has 3 aromatic rings. The van der Waals surface area contributed by atoms with E-state index < -0.39 is 0 Å². The Balaban J connectivity index is 1.65. The molecular weight excluding hydrogens is 342 g/mol. The van der Waals surface area contributed by atoms with Crippen LogP contribution in [0, 0.1) is 6.92 Å². The summed E-state index contributed by atoms with van der Waals surface area (Å²) in [5.74, 6) is 0.591. The fourth-order valence-electron chi connectivity index (χ4n) is 1.95. The molecule has 0 saturated heterocycles. The van der Waals surface area contributed by atoms with Crippen LogP contribution in [0.25, 0.3) is 16.6 Å². The summed E-state index contributed by atoms with van der Waals surface area (Å²) in [5, 5.41) is 8.02. The van der Waals surface area contributed by atoms with Crippen LogP contribution in [0.2, 0.25) is 0 Å². The van der Waals surface area contributed by atoms with E-state index in [1.54, 1.807) is 13.2 Å². The van der Waals surface area contributed by atoms with Crippen LogP contribution in [0.3, 0.4) is 0 Å². The van der Waals surface area contributed by atoms with Gasteiger partial charge in [0.05, 0.1) is 18.5 Å². The summed E-state index contributed by atoms with van der Waals surface area (Å²) in [6.07, 6.45) is 3.16. The van der Waals surface area contributed by atoms with Gasteiger partial charge in [0.15, 0.2) is 5.13 Å². The van der Waals surface area contributed by atoms with Crippen molar-refractivity contribution >= 4 is 39.8 Å². The van der Waals surface area contributed by atoms with Crippen LogP contribution in [0.4, 0.5) is 5.13 Å². The molecule has 0 spiro atoms. The Bertz CT molecular complexity index is 866. The zero-order chi connectivity index (χ0) is 16.9. The lowest BCUT2D eigenvalue weighted by Crippen LogP contribution is -2.07. The Hall–Kier alpha value is -2.51. The molecule has 122 valence electrons. The van der Waals surface area contributed by atoms with Gasteiger partial charge in [-0.2, -0.15) is 0 Å². The molecule has 0 bridgehead atoms. The first-order chi connectivity index (χ1) is 11.6. The minimum Gasteiger partial charge on any atom is -0.497 e. The van der Waals surface area contributed by atoms with E-state index in [-0.39, 0.29) is 5.91 Å². The molecule has 0 radical (unpaired) electrons. The van der Waals surface area contributed by atoms with E-state index in [0.29, 0.717) is 5.13 Å². The van der Waals surface area contributed by atoms with Crippen molar-refractivity contribution in [2.75, 3.05) is 12.4 Å². The van der Waals surface area contributed by atoms with E-state index in [0.717, 1.165) is 27.7 Å². The molecule has 7 heteroatoms. The van der Waals surface area contributed by atoms with Crippen molar-refractivity contribution < 1.29 is 9.53 Å². The summed E-state index contributed by atoms with van der Waals surface area (Å²) in [5.41, 5.74) is 2.65. The van der Waals surface area contributed by atoms with E-state index in [1.165, 1.54) is 28.7 Å². The van der Waals surface area contributed by atoms with Crippen LogP contribution in [0.5, 0.6) is 5.75 Å². The van der Waals surface area contributed by atoms with Crippen molar-refractivity contribution in [3.05, 3.63) is 52.5 Å². The monoisotopic (exact) mass is 357 g/mol. The zero-order valence-corrected chi connectivity index (χ0v) is 14.8. The van der Waals surface area contributed by atoms with Crippen LogP contribution in [-0.2, 0) is 4.79 Å². The summed E-state index contributed by atoms with van der Waals surface area (Å²) in [6.45, 7) is 1.89. The van der Waals surface area contributed by atoms with Crippen molar-refractivity contribution in [2.24, 2.45) is 0 Å². The number of hydrogen-bond acceptors (Lipinski definition) is 6. The molecule has 1 aromatic carbocycles. The highest BCUT2D eigenvalue weighted by atomic mass is 32.1. The van der Waals surface area contributed by atoms with Gasteiger partial charge >= 0.3 is 0 Å². The molecule has 0 aliphatic carbocycles. The standard InChI is InChI=1S/C17H15N3O2S2/c1-11-9-24-17(18-11)20-15(21)8-5-13-10-23-16(19-13)12-3-6-14(22-2)7-4-12/h3-10H,1-2H3,(H,18,20,21)/b8-5+. The minimum atomic E-state index is -0.219. The highest BCUT2D eigenvalue weighted by Gasteiger charge is 2.05. The molecule has 3 rings (SSSR count). The van der Waals surface area contributed by atoms with Crippen molar-refractivity contribution in [3.63, 3.8) is 0 Å². The van der Waals surface area contributed by atoms with Crippen molar-refractivity contribution in [1.29, 1.82) is 0 Å². The van der Waals surface area contributed by atoms with Crippen molar-refractivity contribution in [3.8, 4) is 16.3 Å². The van der Waals surface area contributed by atoms with Gasteiger partial charge in [-0.15, -0.1) is 22.7 Å². The number of ether oxygens (including phenoxy) is 1. The molecule has 5 nitrogen and oxygen atoms in total. The number of hydrogen-bond donors (Lipinski definition) is 1. The van der Waals surface area contributed by atoms with Gasteiger partial charge in [-0.1, -0.05) is 0 Å². The number of anilines is 1. The molecule has 1 N–H and O–H groups in total. The first-order valence-electron chi connectivity index (χ1n) is 7.15. The first-order valence-corrected chi connectivity index (χ1v) is 8.91. The number of aryl methyl sites for hydroxylation is 1. The van der Waals surface area contributed by atoms with Gasteiger partial charge in [0.1, 0.15) is 10.8 Å². The molecule has 0 saturated carbocycles. The second kappa shape index (κ2) is 7.37. The number of amides is 1. The fraction of sp³-hybridized carbons (Fsp3) is 0.118. The largest absolute Gasteiger partial charge is 0.497 e. The Labute approximate surface area is 147 Å². The summed E-state index contributed by atoms with van der Waals surface area (Å²) in [4.78, 5) is 20.6. The molecular formula is C17H15N3O2S2. The molecule has 1 amide bonds. The highest BCUT2D eigenvalue weighted by Crippen LogP contribution is 2.26. The van der Waals surface area contributed by atoms with Crippen molar-refractivity contribution in [1.82, 2.24) is 9.97 Å². The van der Waals surface area contributed by atoms with Crippen LogP contribution < -0.4 is 10.1 Å². The highest BCUT2D eigenvalue weighted by molar-refractivity contribution is 7.14. The number of rotatable bonds is 5. The van der Waals surface area contributed by atoms with Gasteiger partial charge in [-0.05, 0) is 37.3 Å². The molecule has 0 unspecified atom stereocenters. The number of thiazole rings is 2. The van der Waals surface area contributed by atoms with Gasteiger partial charge in [-0.25, -0.2) is 9.97 Å². The van der Waals surface area contributed by atoms with Crippen LogP contribution in [0.15, 0.2) is 41.1 Å². The summed E-state index contributed by atoms with van der Waals surface area (Å²) < 4.78 is 5.15. The third-order valence-electron chi connectivity index (χ3n) is 3.11. The maximum absolute atomic E-state index is 11.9. The predicted octanol–water partition coefficient (Wildman–Crippen LogP) is 4.24. The normalized spacial score (nSPS) is 10.9. The van der Waals surface area contributed by atoms with Gasteiger partial charge in [-0.3, -0.25) is 10.1 Å². The molecule has 0 fully saturated rings. The third-order valence-corrected chi connectivity index (χ3v) is 4.90. The maximum atomic E-state index is 11.9. The van der Waals surface area contributed by atoms with E-state index in [9.17, 15) is 4.79 Å². The molecule has 0 atom stereocenters. The SMILES string of the molecule is COc1ccc(-c2nc(/C=C/C(=O)Nc3nc(C)cs3)cs2)cc1. The van der Waals surface area contributed by atoms with E-state index in [1.807, 2.05) is 41.9 Å². The van der Waals surface area contributed by atoms with Crippen LogP contribution in [0.1, 0.15) is 11.4 Å². The minimum absolute atomic E-state index is 0.219. The zero-order valence-electron chi connectivity index (χ0n) is 13.1. The van der Waals surface area contributed by atoms with E-state index in [2.05, 4.69) is 15.3 Å². The number of benzene rings is 1. The predicted molar refractivity (Wildman–Crippen MR) is 98.6 cm³/mol. The van der Waals surface area contributed by atoms with Gasteiger partial charge < -0.3 is 4.74 Å². The Morgan fingerprint density at radius 1 is 1.17 bits per heavy atom. The lowest BCUT2D eigenvalue weighted by atomic mass is 10.2. The Kier molecular flexibility index (Phi) is 5.02. The number of carbonyl (C=O) groups excluding carboxylic acids is 1. The second-order valence-corrected chi connectivity index (χ2v) is 6.64. The van der Waals surface area contributed by atoms with Crippen LogP contribution >= 0.6 is 22.7 Å². The number of methoxy groups -OCH3 is 1. The lowest BCUT2D eigenvalue weighted by Gasteiger charge is -1.99. The first kappa shape index (κ1) is 16.4. The Morgan fingerprint density at radius 2 is 1.96 bits per heavy atom. The molecule has 2 heterocycles. The van der Waals surface area contributed by atoms with Gasteiger partial charge in [0, 0.05) is 22.4 Å². The smallest absolute Gasteiger partial charge is 0.250 e. The summed E-state index contributed by atoms with van der Waals surface area (Å²) in [7, 11) is 1.64. The number of aromatic nitrogens is 2. The van der Waals surface area contributed by atoms with Gasteiger partial charge in [0.25, 0.3) is 0 Å². The van der Waals surface area contributed by atoms with E-state index >= 15 is 0 Å². The third kappa shape index (κ3) is 4.06. The molecule has 0 aliphatic heterocycles. The quantitative estimate of drug-likeness (QED) is 0.694. The number of nitrogens with zero attached hydrogens (tertiary/aromatic N) is 2. The maximum Gasteiger partial charge on any atom is 0.250 e. The lowest BCUT2D eigenvalue weighted by molar-refractivity contribution is -0.111. The van der Waals surface area contributed by atoms with Gasteiger partial charge in [0.2, 0.25) is 5.91 Å². The summed E-state index contributed by atoms with van der Waals surface area (Å²) >= 11 is 2.93. The number of nitrogens with one attached hydrogen (secondary N) is 1. The fourth-order valence-corrected chi connectivity index (χ4v) is 3.43. The average Bonchev–Trinajstić information content (AvgIpc) is 3.22. The molecule has 24 heavy (non-hydrogen) atoms. The Morgan fingerprint density at radius 3 is 2.62 bits per heavy atom. The topological polar surface area (TPSA) is 64.1 Å². The molecule has 2 aromatic heterocycles. The molecule has 0 aliphatic rings.